The molecule has 4 N–H and O–H groups in total. The predicted molar refractivity (Wildman–Crippen MR) is 57.3 cm³/mol. The van der Waals surface area contributed by atoms with Crippen LogP contribution in [-0.4, -0.2) is 41.6 Å². The molecular weight excluding hydrogens is 178 g/mol. The number of hydrogen-bond acceptors (Lipinski definition) is 3. The van der Waals surface area contributed by atoms with Crippen molar-refractivity contribution in [3.63, 3.8) is 0 Å². The maximum Gasteiger partial charge on any atom is 0.0947 e. The normalized spacial score (nSPS) is 31.4. The highest BCUT2D eigenvalue weighted by atomic mass is 16.3. The van der Waals surface area contributed by atoms with E-state index >= 15 is 0 Å². The third kappa shape index (κ3) is 2.96. The Balaban J connectivity index is 2.36. The average molecular weight is 199 g/mol. The highest BCUT2D eigenvalue weighted by Crippen LogP contribution is 2.17. The molecule has 1 rings (SSSR count). The predicted octanol–water partition coefficient (Wildman–Crippen LogP) is 0.261. The second-order valence-corrected chi connectivity index (χ2v) is 4.45. The molecule has 0 amide bonds. The Hall–Kier alpha value is -0.610. The van der Waals surface area contributed by atoms with Crippen LogP contribution in [0.5, 0.6) is 0 Å². The monoisotopic (exact) mass is 199 g/mol. The molecule has 0 bridgehead atoms. The second-order valence-electron chi connectivity index (χ2n) is 4.45. The van der Waals surface area contributed by atoms with Crippen molar-refractivity contribution in [1.29, 1.82) is 5.41 Å². The molecule has 4 nitrogen and oxygen atoms in total. The minimum atomic E-state index is -0.154. The summed E-state index contributed by atoms with van der Waals surface area (Å²) in [6, 6.07) is 0. The van der Waals surface area contributed by atoms with E-state index < -0.39 is 0 Å². The summed E-state index contributed by atoms with van der Waals surface area (Å²) in [5.74, 6) is 0.712. The van der Waals surface area contributed by atoms with Gasteiger partial charge in [0, 0.05) is 25.6 Å². The Morgan fingerprint density at radius 2 is 2.36 bits per heavy atom. The Kier molecular flexibility index (Phi) is 3.89. The molecular formula is C10H21N3O. The molecule has 1 aliphatic rings. The second kappa shape index (κ2) is 4.75. The third-order valence-electron chi connectivity index (χ3n) is 3.01. The Labute approximate surface area is 85.6 Å². The minimum Gasteiger partial charge on any atom is -0.393 e. The van der Waals surface area contributed by atoms with E-state index in [9.17, 15) is 5.11 Å². The first kappa shape index (κ1) is 11.5. The summed E-state index contributed by atoms with van der Waals surface area (Å²) in [6.07, 6.45) is 0.685. The summed E-state index contributed by atoms with van der Waals surface area (Å²) < 4.78 is 0. The van der Waals surface area contributed by atoms with Crippen molar-refractivity contribution in [2.45, 2.75) is 26.4 Å². The number of amidine groups is 1. The van der Waals surface area contributed by atoms with E-state index in [4.69, 9.17) is 11.1 Å². The van der Waals surface area contributed by atoms with Crippen LogP contribution >= 0.6 is 0 Å². The average Bonchev–Trinajstić information content (AvgIpc) is 2.11. The van der Waals surface area contributed by atoms with E-state index in [0.29, 0.717) is 5.92 Å². The summed E-state index contributed by atoms with van der Waals surface area (Å²) in [5, 5.41) is 16.9. The lowest BCUT2D eigenvalue weighted by Crippen LogP contribution is -2.45. The van der Waals surface area contributed by atoms with Crippen LogP contribution < -0.4 is 5.73 Å². The minimum absolute atomic E-state index is 0.123. The van der Waals surface area contributed by atoms with Crippen LogP contribution in [0.1, 0.15) is 20.3 Å². The van der Waals surface area contributed by atoms with Gasteiger partial charge >= 0.3 is 0 Å². The van der Waals surface area contributed by atoms with Crippen molar-refractivity contribution >= 4 is 5.84 Å². The molecule has 14 heavy (non-hydrogen) atoms. The molecule has 1 heterocycles. The lowest BCUT2D eigenvalue weighted by atomic mass is 9.96. The molecule has 0 spiro atoms. The first-order valence-corrected chi connectivity index (χ1v) is 5.25. The van der Waals surface area contributed by atoms with Crippen LogP contribution in [0.3, 0.4) is 0 Å². The van der Waals surface area contributed by atoms with Crippen molar-refractivity contribution in [1.82, 2.24) is 4.90 Å². The largest absolute Gasteiger partial charge is 0.393 e. The fraction of sp³-hybridized carbons (Fsp3) is 0.900. The van der Waals surface area contributed by atoms with Gasteiger partial charge in [0.05, 0.1) is 11.9 Å². The zero-order valence-electron chi connectivity index (χ0n) is 9.03. The molecule has 82 valence electrons. The zero-order chi connectivity index (χ0) is 10.7. The molecule has 0 aromatic heterocycles. The number of rotatable bonds is 3. The van der Waals surface area contributed by atoms with Gasteiger partial charge in [-0.25, -0.2) is 0 Å². The fourth-order valence-electron chi connectivity index (χ4n) is 1.87. The highest BCUT2D eigenvalue weighted by Gasteiger charge is 2.25. The van der Waals surface area contributed by atoms with Gasteiger partial charge in [0.2, 0.25) is 0 Å². The Morgan fingerprint density at radius 3 is 2.86 bits per heavy atom. The molecule has 4 heteroatoms. The van der Waals surface area contributed by atoms with Crippen molar-refractivity contribution in [3.05, 3.63) is 0 Å². The summed E-state index contributed by atoms with van der Waals surface area (Å²) >= 11 is 0. The van der Waals surface area contributed by atoms with Gasteiger partial charge in [-0.1, -0.05) is 13.8 Å². The molecule has 0 saturated carbocycles. The van der Waals surface area contributed by atoms with Gasteiger partial charge in [-0.3, -0.25) is 5.41 Å². The molecule has 0 aromatic rings. The van der Waals surface area contributed by atoms with Crippen molar-refractivity contribution in [3.8, 4) is 0 Å². The topological polar surface area (TPSA) is 73.3 Å². The maximum atomic E-state index is 9.55. The molecule has 3 unspecified atom stereocenters. The van der Waals surface area contributed by atoms with Gasteiger partial charge in [0.25, 0.3) is 0 Å². The van der Waals surface area contributed by atoms with Crippen LogP contribution in [0, 0.1) is 17.2 Å². The maximum absolute atomic E-state index is 9.55. The number of nitrogens with one attached hydrogen (secondary N) is 1. The van der Waals surface area contributed by atoms with E-state index in [0.717, 1.165) is 26.1 Å². The molecule has 1 saturated heterocycles. The van der Waals surface area contributed by atoms with Crippen LogP contribution in [0.4, 0.5) is 0 Å². The Morgan fingerprint density at radius 1 is 1.71 bits per heavy atom. The van der Waals surface area contributed by atoms with Gasteiger partial charge in [-0.2, -0.15) is 0 Å². The smallest absolute Gasteiger partial charge is 0.0947 e. The number of nitrogens with two attached hydrogens (primary N) is 1. The lowest BCUT2D eigenvalue weighted by molar-refractivity contribution is 0.0328. The molecule has 0 aromatic carbocycles. The number of hydrogen-bond donors (Lipinski definition) is 3. The van der Waals surface area contributed by atoms with Crippen LogP contribution in [0.2, 0.25) is 0 Å². The van der Waals surface area contributed by atoms with Crippen molar-refractivity contribution in [2.24, 2.45) is 17.6 Å². The SMILES string of the molecule is CC(CN1CCC(O)C(C)C1)C(=N)N. The van der Waals surface area contributed by atoms with Gasteiger partial charge in [0.15, 0.2) is 0 Å². The van der Waals surface area contributed by atoms with Crippen LogP contribution in [-0.2, 0) is 0 Å². The van der Waals surface area contributed by atoms with Gasteiger partial charge in [-0.05, 0) is 12.3 Å². The molecule has 0 aliphatic carbocycles. The zero-order valence-corrected chi connectivity index (χ0v) is 9.03. The van der Waals surface area contributed by atoms with Crippen molar-refractivity contribution < 1.29 is 5.11 Å². The summed E-state index contributed by atoms with van der Waals surface area (Å²) in [4.78, 5) is 2.28. The fourth-order valence-corrected chi connectivity index (χ4v) is 1.87. The highest BCUT2D eigenvalue weighted by molar-refractivity contribution is 5.79. The van der Waals surface area contributed by atoms with E-state index in [2.05, 4.69) is 11.8 Å². The number of nitrogens with zero attached hydrogens (tertiary/aromatic N) is 1. The quantitative estimate of drug-likeness (QED) is 0.451. The number of piperidine rings is 1. The van der Waals surface area contributed by atoms with E-state index in [-0.39, 0.29) is 17.9 Å². The summed E-state index contributed by atoms with van der Waals surface area (Å²) in [5.41, 5.74) is 5.42. The number of likely N-dealkylation sites (tertiary alicyclic amines) is 1. The molecule has 3 atom stereocenters. The van der Waals surface area contributed by atoms with E-state index in [1.165, 1.54) is 0 Å². The molecule has 0 radical (unpaired) electrons. The van der Waals surface area contributed by atoms with E-state index in [1.807, 2.05) is 6.92 Å². The summed E-state index contributed by atoms with van der Waals surface area (Å²) in [6.45, 7) is 6.71. The van der Waals surface area contributed by atoms with E-state index in [1.54, 1.807) is 0 Å². The molecule has 1 aliphatic heterocycles. The van der Waals surface area contributed by atoms with Gasteiger partial charge < -0.3 is 15.7 Å². The third-order valence-corrected chi connectivity index (χ3v) is 3.01. The number of aliphatic hydroxyl groups is 1. The lowest BCUT2D eigenvalue weighted by Gasteiger charge is -2.35. The Bertz CT molecular complexity index is 208. The van der Waals surface area contributed by atoms with Gasteiger partial charge in [0.1, 0.15) is 0 Å². The van der Waals surface area contributed by atoms with Crippen molar-refractivity contribution in [2.75, 3.05) is 19.6 Å². The summed E-state index contributed by atoms with van der Waals surface area (Å²) in [7, 11) is 0. The number of aliphatic hydroxyl groups excluding tert-OH is 1. The van der Waals surface area contributed by atoms with Crippen LogP contribution in [0.15, 0.2) is 0 Å². The van der Waals surface area contributed by atoms with Gasteiger partial charge in [-0.15, -0.1) is 0 Å². The van der Waals surface area contributed by atoms with Crippen LogP contribution in [0.25, 0.3) is 0 Å². The standard InChI is InChI=1S/C10H21N3O/c1-7-5-13(4-3-9(7)14)6-8(2)10(11)12/h7-9,14H,3-6H2,1-2H3,(H3,11,12). The first-order chi connectivity index (χ1) is 6.50. The molecule has 1 fully saturated rings. The first-order valence-electron chi connectivity index (χ1n) is 5.25.